The molecule has 3 aliphatic carbocycles. The highest BCUT2D eigenvalue weighted by Crippen LogP contribution is 2.73. The van der Waals surface area contributed by atoms with Gasteiger partial charge in [0.05, 0.1) is 44.1 Å². The summed E-state index contributed by atoms with van der Waals surface area (Å²) in [5.41, 5.74) is -6.09. The summed E-state index contributed by atoms with van der Waals surface area (Å²) in [5.74, 6) is -6.60. The zero-order valence-electron chi connectivity index (χ0n) is 29.1. The number of aliphatic hydroxyl groups excluding tert-OH is 7. The lowest BCUT2D eigenvalue weighted by Crippen LogP contribution is -2.80. The molecule has 2 saturated carbocycles. The van der Waals surface area contributed by atoms with Gasteiger partial charge in [-0.25, -0.2) is 14.4 Å². The lowest BCUT2D eigenvalue weighted by molar-refractivity contribution is -0.330. The van der Waals surface area contributed by atoms with Crippen LogP contribution in [-0.4, -0.2) is 158 Å². The van der Waals surface area contributed by atoms with Crippen LogP contribution in [0.15, 0.2) is 23.3 Å². The third-order valence-corrected chi connectivity index (χ3v) is 12.7. The molecule has 0 amide bonds. The topological polar surface area (TPSA) is 268 Å². The number of ether oxygens (including phenoxy) is 6. The molecule has 3 aliphatic heterocycles. The van der Waals surface area contributed by atoms with E-state index < -0.39 is 138 Å². The van der Waals surface area contributed by atoms with E-state index in [0.29, 0.717) is 5.57 Å². The van der Waals surface area contributed by atoms with E-state index in [1.807, 2.05) is 0 Å². The quantitative estimate of drug-likeness (QED) is 0.0561. The van der Waals surface area contributed by atoms with Crippen molar-refractivity contribution >= 4 is 17.9 Å². The summed E-state index contributed by atoms with van der Waals surface area (Å²) in [6.07, 6.45) is -15.3. The Bertz CT molecular complexity index is 1490. The average Bonchev–Trinajstić information content (AvgIpc) is 3.37. The number of allylic oxidation sites excluding steroid dienone is 1. The van der Waals surface area contributed by atoms with Crippen LogP contribution >= 0.6 is 0 Å². The van der Waals surface area contributed by atoms with Crippen molar-refractivity contribution in [3.63, 3.8) is 0 Å². The molecule has 1 spiro atoms. The highest BCUT2D eigenvalue weighted by Gasteiger charge is 2.85. The Morgan fingerprint density at radius 2 is 1.71 bits per heavy atom. The van der Waals surface area contributed by atoms with Crippen molar-refractivity contribution in [1.29, 1.82) is 0 Å². The number of carbonyl (C=O) groups excluding carboxylic acids is 3. The Morgan fingerprint density at radius 1 is 1.04 bits per heavy atom. The molecule has 3 heterocycles. The standard InChI is InChI=1S/C34H48O17/c1-12-7-15(48-29-21(39)20(38)19(37)16(10-35)49-29)26(41)32(5)14(12)9-17-33-11-47-34(30(44)46-6,27(42)22(40)24(32)33)25(33)23(28(43)50-17)51-18(36)8-13(2)31(3,4)45/h7-8,14-17,19-27,29,35,37-42,45H,9-11H2,1-6H3/b13-8+/t14-,15-,16-,17+,19-,20+,21-,22+,23+,24+,25+,26+,27-,29-,32-,33+,34-/m0/s1. The molecule has 2 bridgehead atoms. The van der Waals surface area contributed by atoms with Gasteiger partial charge in [0.15, 0.2) is 6.29 Å². The maximum atomic E-state index is 13.8. The molecule has 0 aromatic carbocycles. The van der Waals surface area contributed by atoms with Gasteiger partial charge in [0.1, 0.15) is 42.7 Å². The van der Waals surface area contributed by atoms with Gasteiger partial charge in [-0.3, -0.25) is 0 Å². The first-order valence-corrected chi connectivity index (χ1v) is 17.0. The molecule has 17 nitrogen and oxygen atoms in total. The number of esters is 3. The van der Waals surface area contributed by atoms with Gasteiger partial charge in [0.2, 0.25) is 11.7 Å². The smallest absolute Gasteiger partial charge is 0.348 e. The molecule has 5 fully saturated rings. The first-order chi connectivity index (χ1) is 23.7. The van der Waals surface area contributed by atoms with Gasteiger partial charge in [0, 0.05) is 22.8 Å². The number of rotatable bonds is 7. The van der Waals surface area contributed by atoms with Crippen molar-refractivity contribution in [3.05, 3.63) is 23.3 Å². The number of methoxy groups -OCH3 is 1. The summed E-state index contributed by atoms with van der Waals surface area (Å²) in [5, 5.41) is 87.6. The van der Waals surface area contributed by atoms with Crippen molar-refractivity contribution in [2.24, 2.45) is 28.6 Å². The molecule has 51 heavy (non-hydrogen) atoms. The second-order valence-electron chi connectivity index (χ2n) is 15.6. The molecule has 17 heteroatoms. The summed E-state index contributed by atoms with van der Waals surface area (Å²) >= 11 is 0. The second-order valence-corrected chi connectivity index (χ2v) is 15.6. The number of fused-ring (bicyclic) bond motifs is 2. The number of aliphatic hydroxyl groups is 8. The van der Waals surface area contributed by atoms with Crippen LogP contribution in [0.2, 0.25) is 0 Å². The molecule has 3 saturated heterocycles. The minimum absolute atomic E-state index is 0.0448. The van der Waals surface area contributed by atoms with Crippen molar-refractivity contribution in [1.82, 2.24) is 0 Å². The molecule has 286 valence electrons. The number of hydrogen-bond donors (Lipinski definition) is 8. The molecule has 6 rings (SSSR count). The monoisotopic (exact) mass is 728 g/mol. The Hall–Kier alpha value is -2.55. The van der Waals surface area contributed by atoms with E-state index in [2.05, 4.69) is 0 Å². The minimum Gasteiger partial charge on any atom is -0.467 e. The fourth-order valence-corrected chi connectivity index (χ4v) is 9.91. The largest absolute Gasteiger partial charge is 0.467 e. The van der Waals surface area contributed by atoms with Crippen molar-refractivity contribution in [2.75, 3.05) is 20.3 Å². The fraction of sp³-hybridized carbons (Fsp3) is 0.794. The Labute approximate surface area is 293 Å². The highest BCUT2D eigenvalue weighted by molar-refractivity contribution is 5.89. The normalized spacial score (nSPS) is 49.3. The Kier molecular flexibility index (Phi) is 9.58. The van der Waals surface area contributed by atoms with Crippen LogP contribution in [-0.2, 0) is 42.8 Å². The fourth-order valence-electron chi connectivity index (χ4n) is 9.91. The van der Waals surface area contributed by atoms with E-state index in [0.717, 1.165) is 13.2 Å². The van der Waals surface area contributed by atoms with Gasteiger partial charge in [-0.05, 0) is 45.6 Å². The SMILES string of the molecule is COC(=O)[C@@]12OC[C@]34[C@H]([C@@H](O)[C@@H]1O)[C@@]1(C)[C@H](O)[C@@H](O[C@H]5O[C@@H](CO)[C@H](O)[C@@H](O)[C@@H]5O)C=C(C)[C@@H]1C[C@H]3OC(=O)[C@H](OC(=O)/C=C(\C)C(C)(C)O)[C@@H]24. The summed E-state index contributed by atoms with van der Waals surface area (Å²) in [6, 6.07) is 0. The molecule has 0 aromatic heterocycles. The lowest BCUT2D eigenvalue weighted by Gasteiger charge is -2.68. The molecule has 0 aromatic rings. The van der Waals surface area contributed by atoms with E-state index in [9.17, 15) is 55.2 Å². The first kappa shape index (κ1) is 38.2. The van der Waals surface area contributed by atoms with Gasteiger partial charge >= 0.3 is 17.9 Å². The lowest BCUT2D eigenvalue weighted by atomic mass is 9.37. The summed E-state index contributed by atoms with van der Waals surface area (Å²) < 4.78 is 34.4. The summed E-state index contributed by atoms with van der Waals surface area (Å²) in [6.45, 7) is 6.59. The Balaban J connectivity index is 1.45. The number of hydrogen-bond acceptors (Lipinski definition) is 17. The van der Waals surface area contributed by atoms with Gasteiger partial charge in [-0.15, -0.1) is 0 Å². The maximum absolute atomic E-state index is 13.8. The average molecular weight is 729 g/mol. The van der Waals surface area contributed by atoms with Gasteiger partial charge in [-0.1, -0.05) is 18.6 Å². The summed E-state index contributed by atoms with van der Waals surface area (Å²) in [7, 11) is 1.03. The molecular formula is C34H48O17. The molecule has 0 unspecified atom stereocenters. The van der Waals surface area contributed by atoms with Crippen molar-refractivity contribution in [2.45, 2.75) is 120 Å². The summed E-state index contributed by atoms with van der Waals surface area (Å²) in [4.78, 5) is 40.8. The van der Waals surface area contributed by atoms with Gasteiger partial charge < -0.3 is 69.3 Å². The van der Waals surface area contributed by atoms with Crippen LogP contribution in [0, 0.1) is 28.6 Å². The highest BCUT2D eigenvalue weighted by atomic mass is 16.7. The zero-order chi connectivity index (χ0) is 37.7. The second kappa shape index (κ2) is 12.8. The van der Waals surface area contributed by atoms with E-state index in [-0.39, 0.29) is 12.0 Å². The van der Waals surface area contributed by atoms with Gasteiger partial charge in [-0.2, -0.15) is 0 Å². The number of carbonyl (C=O) groups is 3. The zero-order valence-corrected chi connectivity index (χ0v) is 29.1. The van der Waals surface area contributed by atoms with Crippen LogP contribution in [0.5, 0.6) is 0 Å². The van der Waals surface area contributed by atoms with E-state index in [1.165, 1.54) is 20.8 Å². The Morgan fingerprint density at radius 3 is 2.31 bits per heavy atom. The van der Waals surface area contributed by atoms with Crippen molar-refractivity contribution in [3.8, 4) is 0 Å². The van der Waals surface area contributed by atoms with E-state index in [1.54, 1.807) is 19.9 Å². The first-order valence-electron chi connectivity index (χ1n) is 17.0. The van der Waals surface area contributed by atoms with Gasteiger partial charge in [0.25, 0.3) is 0 Å². The maximum Gasteiger partial charge on any atom is 0.348 e. The van der Waals surface area contributed by atoms with E-state index in [4.69, 9.17) is 28.4 Å². The van der Waals surface area contributed by atoms with Crippen LogP contribution in [0.4, 0.5) is 0 Å². The molecule has 0 radical (unpaired) electrons. The van der Waals surface area contributed by atoms with Crippen LogP contribution in [0.1, 0.15) is 41.0 Å². The minimum atomic E-state index is -2.41. The predicted octanol–water partition coefficient (Wildman–Crippen LogP) is -3.03. The van der Waals surface area contributed by atoms with E-state index >= 15 is 0 Å². The van der Waals surface area contributed by atoms with Crippen LogP contribution in [0.3, 0.4) is 0 Å². The molecule has 8 N–H and O–H groups in total. The third-order valence-electron chi connectivity index (χ3n) is 12.7. The predicted molar refractivity (Wildman–Crippen MR) is 167 cm³/mol. The van der Waals surface area contributed by atoms with Crippen molar-refractivity contribution < 1.29 is 83.7 Å². The van der Waals surface area contributed by atoms with Crippen LogP contribution < -0.4 is 0 Å². The molecular weight excluding hydrogens is 680 g/mol. The molecule has 6 aliphatic rings. The van der Waals surface area contributed by atoms with Crippen LogP contribution in [0.25, 0.3) is 0 Å². The molecule has 17 atom stereocenters. The third kappa shape index (κ3) is 5.26.